The lowest BCUT2D eigenvalue weighted by Crippen LogP contribution is -2.42. The van der Waals surface area contributed by atoms with Crippen LogP contribution < -0.4 is 5.32 Å². The van der Waals surface area contributed by atoms with Crippen molar-refractivity contribution in [3.8, 4) is 0 Å². The summed E-state index contributed by atoms with van der Waals surface area (Å²) in [5, 5.41) is 3.32. The molecule has 18 heavy (non-hydrogen) atoms. The summed E-state index contributed by atoms with van der Waals surface area (Å²) in [7, 11) is 0. The molecule has 0 aromatic rings. The van der Waals surface area contributed by atoms with Crippen molar-refractivity contribution < 1.29 is 4.79 Å². The summed E-state index contributed by atoms with van der Waals surface area (Å²) in [6.45, 7) is 6.75. The van der Waals surface area contributed by atoms with Gasteiger partial charge in [0, 0.05) is 19.6 Å². The van der Waals surface area contributed by atoms with Gasteiger partial charge in [-0.1, -0.05) is 0 Å². The van der Waals surface area contributed by atoms with Crippen LogP contribution in [0.25, 0.3) is 0 Å². The zero-order valence-electron chi connectivity index (χ0n) is 11.2. The van der Waals surface area contributed by atoms with E-state index in [0.717, 1.165) is 32.5 Å². The van der Waals surface area contributed by atoms with Crippen LogP contribution in [0.3, 0.4) is 0 Å². The van der Waals surface area contributed by atoms with Gasteiger partial charge in [-0.15, -0.1) is 0 Å². The van der Waals surface area contributed by atoms with Gasteiger partial charge in [-0.2, -0.15) is 0 Å². The Morgan fingerprint density at radius 1 is 1.11 bits per heavy atom. The molecular weight excluding hydrogens is 226 g/mol. The Morgan fingerprint density at radius 2 is 1.94 bits per heavy atom. The normalized spacial score (nSPS) is 33.4. The molecule has 4 heteroatoms. The fourth-order valence-electron chi connectivity index (χ4n) is 3.63. The molecule has 3 heterocycles. The van der Waals surface area contributed by atoms with Gasteiger partial charge in [-0.05, 0) is 57.7 Å². The number of hydrogen-bond donors (Lipinski definition) is 1. The van der Waals surface area contributed by atoms with Gasteiger partial charge in [0.1, 0.15) is 0 Å². The average Bonchev–Trinajstić information content (AvgIpc) is 3.11. The second-order valence-electron chi connectivity index (χ2n) is 6.10. The number of carbonyl (C=O) groups is 1. The highest BCUT2D eigenvalue weighted by Gasteiger charge is 2.32. The van der Waals surface area contributed by atoms with Gasteiger partial charge in [0.2, 0.25) is 5.91 Å². The third kappa shape index (κ3) is 2.69. The molecule has 3 aliphatic heterocycles. The summed E-state index contributed by atoms with van der Waals surface area (Å²) in [4.78, 5) is 17.0. The van der Waals surface area contributed by atoms with Crippen molar-refractivity contribution in [1.82, 2.24) is 15.1 Å². The second-order valence-corrected chi connectivity index (χ2v) is 6.10. The Morgan fingerprint density at radius 3 is 2.67 bits per heavy atom. The number of nitrogens with one attached hydrogen (secondary N) is 1. The Hall–Kier alpha value is -0.610. The Bertz CT molecular complexity index is 295. The van der Waals surface area contributed by atoms with Crippen molar-refractivity contribution in [1.29, 1.82) is 0 Å². The van der Waals surface area contributed by atoms with Crippen molar-refractivity contribution in [2.75, 3.05) is 39.3 Å². The average molecular weight is 251 g/mol. The zero-order valence-corrected chi connectivity index (χ0v) is 11.2. The van der Waals surface area contributed by atoms with Crippen LogP contribution in [0.1, 0.15) is 32.1 Å². The number of carbonyl (C=O) groups excluding carboxylic acids is 1. The smallest absolute Gasteiger partial charge is 0.239 e. The van der Waals surface area contributed by atoms with Gasteiger partial charge in [-0.25, -0.2) is 0 Å². The maximum atomic E-state index is 12.3. The van der Waals surface area contributed by atoms with Crippen LogP contribution >= 0.6 is 0 Å². The quantitative estimate of drug-likeness (QED) is 0.801. The summed E-state index contributed by atoms with van der Waals surface area (Å²) >= 11 is 0. The van der Waals surface area contributed by atoms with Gasteiger partial charge in [0.05, 0.1) is 6.04 Å². The standard InChI is InChI=1S/C14H25N3O/c18-14(13-4-3-6-15-13)17-9-5-12(11-17)10-16-7-1-2-8-16/h12-13,15H,1-11H2/t12?,13-/m0/s1. The van der Waals surface area contributed by atoms with Crippen molar-refractivity contribution in [3.63, 3.8) is 0 Å². The Labute approximate surface area is 110 Å². The van der Waals surface area contributed by atoms with E-state index >= 15 is 0 Å². The molecule has 0 aromatic heterocycles. The molecule has 1 N–H and O–H groups in total. The van der Waals surface area contributed by atoms with Crippen LogP contribution in [-0.4, -0.2) is 61.0 Å². The van der Waals surface area contributed by atoms with E-state index in [1.165, 1.54) is 38.9 Å². The predicted molar refractivity (Wildman–Crippen MR) is 71.4 cm³/mol. The molecular formula is C14H25N3O. The minimum Gasteiger partial charge on any atom is -0.341 e. The molecule has 1 unspecified atom stereocenters. The molecule has 0 spiro atoms. The SMILES string of the molecule is O=C([C@@H]1CCCN1)N1CCC(CN2CCCC2)C1. The third-order valence-corrected chi connectivity index (χ3v) is 4.67. The molecule has 2 atom stereocenters. The van der Waals surface area contributed by atoms with Crippen LogP contribution in [0.4, 0.5) is 0 Å². The lowest BCUT2D eigenvalue weighted by molar-refractivity contribution is -0.132. The topological polar surface area (TPSA) is 35.6 Å². The minimum atomic E-state index is 0.121. The van der Waals surface area contributed by atoms with Crippen LogP contribution in [0, 0.1) is 5.92 Å². The first-order chi connectivity index (χ1) is 8.83. The summed E-state index contributed by atoms with van der Waals surface area (Å²) in [6.07, 6.45) is 6.12. The molecule has 4 nitrogen and oxygen atoms in total. The third-order valence-electron chi connectivity index (χ3n) is 4.67. The van der Waals surface area contributed by atoms with E-state index in [-0.39, 0.29) is 6.04 Å². The highest BCUT2D eigenvalue weighted by Crippen LogP contribution is 2.21. The van der Waals surface area contributed by atoms with Gasteiger partial charge in [-0.3, -0.25) is 4.79 Å². The van der Waals surface area contributed by atoms with Crippen molar-refractivity contribution >= 4 is 5.91 Å². The first-order valence-electron chi connectivity index (χ1n) is 7.57. The molecule has 0 aromatic carbocycles. The lowest BCUT2D eigenvalue weighted by atomic mass is 10.1. The largest absolute Gasteiger partial charge is 0.341 e. The highest BCUT2D eigenvalue weighted by molar-refractivity contribution is 5.82. The van der Waals surface area contributed by atoms with Crippen LogP contribution in [0.15, 0.2) is 0 Å². The van der Waals surface area contributed by atoms with Crippen LogP contribution in [-0.2, 0) is 4.79 Å². The maximum absolute atomic E-state index is 12.3. The van der Waals surface area contributed by atoms with E-state index in [1.807, 2.05) is 0 Å². The number of nitrogens with zero attached hydrogens (tertiary/aromatic N) is 2. The molecule has 102 valence electrons. The molecule has 3 fully saturated rings. The molecule has 0 radical (unpaired) electrons. The zero-order chi connectivity index (χ0) is 12.4. The van der Waals surface area contributed by atoms with Gasteiger partial charge in [0.25, 0.3) is 0 Å². The number of likely N-dealkylation sites (tertiary alicyclic amines) is 2. The maximum Gasteiger partial charge on any atom is 0.239 e. The number of amides is 1. The predicted octanol–water partition coefficient (Wildman–Crippen LogP) is 0.683. The second kappa shape index (κ2) is 5.57. The molecule has 3 saturated heterocycles. The number of hydrogen-bond acceptors (Lipinski definition) is 3. The number of rotatable bonds is 3. The first-order valence-corrected chi connectivity index (χ1v) is 7.57. The van der Waals surface area contributed by atoms with Crippen molar-refractivity contribution in [2.24, 2.45) is 5.92 Å². The summed E-state index contributed by atoms with van der Waals surface area (Å²) in [5.74, 6) is 1.07. The van der Waals surface area contributed by atoms with Crippen molar-refractivity contribution in [2.45, 2.75) is 38.1 Å². The summed E-state index contributed by atoms with van der Waals surface area (Å²) < 4.78 is 0. The van der Waals surface area contributed by atoms with E-state index in [2.05, 4.69) is 15.1 Å². The molecule has 0 aliphatic carbocycles. The van der Waals surface area contributed by atoms with E-state index in [4.69, 9.17) is 0 Å². The minimum absolute atomic E-state index is 0.121. The Kier molecular flexibility index (Phi) is 3.85. The fraction of sp³-hybridized carbons (Fsp3) is 0.929. The fourth-order valence-corrected chi connectivity index (χ4v) is 3.63. The summed E-state index contributed by atoms with van der Waals surface area (Å²) in [6, 6.07) is 0.121. The lowest BCUT2D eigenvalue weighted by Gasteiger charge is -2.22. The monoisotopic (exact) mass is 251 g/mol. The molecule has 3 aliphatic rings. The van der Waals surface area contributed by atoms with Crippen LogP contribution in [0.5, 0.6) is 0 Å². The van der Waals surface area contributed by atoms with E-state index in [1.54, 1.807) is 0 Å². The molecule has 0 saturated carbocycles. The Balaban J connectivity index is 1.46. The van der Waals surface area contributed by atoms with Gasteiger partial charge >= 0.3 is 0 Å². The molecule has 1 amide bonds. The van der Waals surface area contributed by atoms with E-state index in [0.29, 0.717) is 11.8 Å². The van der Waals surface area contributed by atoms with Gasteiger partial charge < -0.3 is 15.1 Å². The van der Waals surface area contributed by atoms with Crippen molar-refractivity contribution in [3.05, 3.63) is 0 Å². The molecule has 3 rings (SSSR count). The van der Waals surface area contributed by atoms with Crippen LogP contribution in [0.2, 0.25) is 0 Å². The van der Waals surface area contributed by atoms with E-state index < -0.39 is 0 Å². The van der Waals surface area contributed by atoms with Gasteiger partial charge in [0.15, 0.2) is 0 Å². The van der Waals surface area contributed by atoms with E-state index in [9.17, 15) is 4.79 Å². The molecule has 0 bridgehead atoms. The first kappa shape index (κ1) is 12.4. The summed E-state index contributed by atoms with van der Waals surface area (Å²) in [5.41, 5.74) is 0. The highest BCUT2D eigenvalue weighted by atomic mass is 16.2.